The zero-order chi connectivity index (χ0) is 8.53. The van der Waals surface area contributed by atoms with E-state index in [1.54, 1.807) is 0 Å². The molecule has 0 saturated carbocycles. The highest BCUT2D eigenvalue weighted by molar-refractivity contribution is 5.86. The van der Waals surface area contributed by atoms with E-state index < -0.39 is 0 Å². The van der Waals surface area contributed by atoms with Gasteiger partial charge in [-0.3, -0.25) is 4.79 Å². The summed E-state index contributed by atoms with van der Waals surface area (Å²) in [6, 6.07) is 2.04. The van der Waals surface area contributed by atoms with Crippen molar-refractivity contribution in [1.82, 2.24) is 5.32 Å². The lowest BCUT2D eigenvalue weighted by Gasteiger charge is -1.98. The summed E-state index contributed by atoms with van der Waals surface area (Å²) in [5.74, 6) is -0.151. The van der Waals surface area contributed by atoms with Crippen LogP contribution < -0.4 is 5.32 Å². The largest absolute Gasteiger partial charge is 0.353 e. The lowest BCUT2D eigenvalue weighted by molar-refractivity contribution is -0.116. The monoisotopic (exact) mass is 152 g/mol. The van der Waals surface area contributed by atoms with Crippen LogP contribution in [0.4, 0.5) is 0 Å². The third-order valence-electron chi connectivity index (χ3n) is 1.20. The summed E-state index contributed by atoms with van der Waals surface area (Å²) in [6.45, 7) is 3.94. The zero-order valence-corrected chi connectivity index (χ0v) is 6.47. The fraction of sp³-hybridized carbons (Fsp3) is 0.500. The minimum atomic E-state index is -0.151. The Kier molecular flexibility index (Phi) is 6.01. The van der Waals surface area contributed by atoms with Crippen LogP contribution in [0.5, 0.6) is 0 Å². The van der Waals surface area contributed by atoms with Crippen LogP contribution in [0.2, 0.25) is 0 Å². The highest BCUT2D eigenvalue weighted by Crippen LogP contribution is 1.90. The van der Waals surface area contributed by atoms with Crippen LogP contribution in [0.15, 0.2) is 12.7 Å². The van der Waals surface area contributed by atoms with Gasteiger partial charge in [0, 0.05) is 13.0 Å². The standard InChI is InChI=1S/C8H12N2O/c1-2-8(11)10-7-5-3-4-6-9/h2H,1,3-5,7H2,(H,10,11). The van der Waals surface area contributed by atoms with Crippen LogP contribution in [-0.2, 0) is 4.79 Å². The number of hydrogen-bond acceptors (Lipinski definition) is 2. The summed E-state index contributed by atoms with van der Waals surface area (Å²) in [4.78, 5) is 10.6. The molecule has 60 valence electrons. The van der Waals surface area contributed by atoms with E-state index >= 15 is 0 Å². The highest BCUT2D eigenvalue weighted by Gasteiger charge is 1.91. The van der Waals surface area contributed by atoms with Gasteiger partial charge in [-0.25, -0.2) is 0 Å². The van der Waals surface area contributed by atoms with Crippen molar-refractivity contribution in [3.8, 4) is 6.07 Å². The molecule has 0 radical (unpaired) electrons. The van der Waals surface area contributed by atoms with Gasteiger partial charge in [0.1, 0.15) is 0 Å². The highest BCUT2D eigenvalue weighted by atomic mass is 16.1. The van der Waals surface area contributed by atoms with Crippen molar-refractivity contribution in [1.29, 1.82) is 5.26 Å². The van der Waals surface area contributed by atoms with Gasteiger partial charge in [0.15, 0.2) is 0 Å². The normalized spacial score (nSPS) is 8.27. The van der Waals surface area contributed by atoms with E-state index in [1.165, 1.54) is 6.08 Å². The number of nitrogens with one attached hydrogen (secondary N) is 1. The molecule has 0 bridgehead atoms. The molecule has 0 fully saturated rings. The molecule has 0 aliphatic rings. The van der Waals surface area contributed by atoms with Crippen LogP contribution in [0, 0.1) is 11.3 Å². The molecule has 11 heavy (non-hydrogen) atoms. The predicted molar refractivity (Wildman–Crippen MR) is 42.7 cm³/mol. The number of nitrogens with zero attached hydrogens (tertiary/aromatic N) is 1. The van der Waals surface area contributed by atoms with E-state index in [4.69, 9.17) is 5.26 Å². The SMILES string of the molecule is C=CC(=O)NCCCCC#N. The van der Waals surface area contributed by atoms with Gasteiger partial charge < -0.3 is 5.32 Å². The molecule has 0 heterocycles. The summed E-state index contributed by atoms with van der Waals surface area (Å²) in [7, 11) is 0. The minimum absolute atomic E-state index is 0.151. The maximum Gasteiger partial charge on any atom is 0.243 e. The molecule has 0 rings (SSSR count). The first-order chi connectivity index (χ1) is 5.31. The molecule has 0 aliphatic carbocycles. The number of amides is 1. The summed E-state index contributed by atoms with van der Waals surface area (Å²) in [5, 5.41) is 10.8. The second-order valence-corrected chi connectivity index (χ2v) is 2.11. The number of carbonyl (C=O) groups is 1. The molecule has 0 aromatic carbocycles. The van der Waals surface area contributed by atoms with E-state index in [2.05, 4.69) is 11.9 Å². The Morgan fingerprint density at radius 3 is 2.91 bits per heavy atom. The number of unbranched alkanes of at least 4 members (excludes halogenated alkanes) is 2. The molecule has 0 aromatic rings. The topological polar surface area (TPSA) is 52.9 Å². The average Bonchev–Trinajstić information content (AvgIpc) is 2.04. The summed E-state index contributed by atoms with van der Waals surface area (Å²) >= 11 is 0. The summed E-state index contributed by atoms with van der Waals surface area (Å²) < 4.78 is 0. The van der Waals surface area contributed by atoms with Gasteiger partial charge in [0.2, 0.25) is 5.91 Å². The van der Waals surface area contributed by atoms with Crippen LogP contribution >= 0.6 is 0 Å². The van der Waals surface area contributed by atoms with Gasteiger partial charge >= 0.3 is 0 Å². The molecule has 3 heteroatoms. The number of nitriles is 1. The van der Waals surface area contributed by atoms with Crippen molar-refractivity contribution in [2.75, 3.05) is 6.54 Å². The van der Waals surface area contributed by atoms with E-state index in [1.807, 2.05) is 6.07 Å². The smallest absolute Gasteiger partial charge is 0.243 e. The molecule has 0 aliphatic heterocycles. The molecule has 0 aromatic heterocycles. The van der Waals surface area contributed by atoms with E-state index in [0.717, 1.165) is 12.8 Å². The third kappa shape index (κ3) is 6.59. The lowest BCUT2D eigenvalue weighted by atomic mass is 10.2. The molecule has 0 saturated heterocycles. The molecular formula is C8H12N2O. The number of carbonyl (C=O) groups excluding carboxylic acids is 1. The molecular weight excluding hydrogens is 140 g/mol. The van der Waals surface area contributed by atoms with Crippen molar-refractivity contribution < 1.29 is 4.79 Å². The Morgan fingerprint density at radius 2 is 2.36 bits per heavy atom. The Hall–Kier alpha value is -1.30. The number of hydrogen-bond donors (Lipinski definition) is 1. The Balaban J connectivity index is 3.09. The van der Waals surface area contributed by atoms with Gasteiger partial charge in [-0.1, -0.05) is 6.58 Å². The second kappa shape index (κ2) is 6.81. The predicted octanol–water partition coefficient (Wildman–Crippen LogP) is 0.982. The van der Waals surface area contributed by atoms with E-state index in [-0.39, 0.29) is 5.91 Å². The summed E-state index contributed by atoms with van der Waals surface area (Å²) in [6.07, 6.45) is 3.50. The maximum atomic E-state index is 10.6. The molecule has 0 unspecified atom stereocenters. The quantitative estimate of drug-likeness (QED) is 0.471. The minimum Gasteiger partial charge on any atom is -0.353 e. The van der Waals surface area contributed by atoms with Crippen molar-refractivity contribution >= 4 is 5.91 Å². The maximum absolute atomic E-state index is 10.6. The van der Waals surface area contributed by atoms with Gasteiger partial charge in [0.25, 0.3) is 0 Å². The van der Waals surface area contributed by atoms with Gasteiger partial charge in [0.05, 0.1) is 6.07 Å². The number of rotatable bonds is 5. The van der Waals surface area contributed by atoms with E-state index in [0.29, 0.717) is 13.0 Å². The van der Waals surface area contributed by atoms with Gasteiger partial charge in [-0.15, -0.1) is 0 Å². The first-order valence-corrected chi connectivity index (χ1v) is 3.58. The Labute approximate surface area is 66.7 Å². The van der Waals surface area contributed by atoms with Gasteiger partial charge in [-0.2, -0.15) is 5.26 Å². The molecule has 1 N–H and O–H groups in total. The second-order valence-electron chi connectivity index (χ2n) is 2.11. The molecule has 3 nitrogen and oxygen atoms in total. The van der Waals surface area contributed by atoms with Gasteiger partial charge in [-0.05, 0) is 18.9 Å². The molecule has 1 amide bonds. The first-order valence-electron chi connectivity index (χ1n) is 3.58. The van der Waals surface area contributed by atoms with Crippen LogP contribution in [-0.4, -0.2) is 12.5 Å². The fourth-order valence-electron chi connectivity index (χ4n) is 0.613. The van der Waals surface area contributed by atoms with Crippen molar-refractivity contribution in [2.24, 2.45) is 0 Å². The lowest BCUT2D eigenvalue weighted by Crippen LogP contribution is -2.21. The van der Waals surface area contributed by atoms with Crippen LogP contribution in [0.25, 0.3) is 0 Å². The van der Waals surface area contributed by atoms with Crippen molar-refractivity contribution in [2.45, 2.75) is 19.3 Å². The third-order valence-corrected chi connectivity index (χ3v) is 1.20. The van der Waals surface area contributed by atoms with Crippen LogP contribution in [0.1, 0.15) is 19.3 Å². The molecule has 0 spiro atoms. The Morgan fingerprint density at radius 1 is 1.64 bits per heavy atom. The van der Waals surface area contributed by atoms with Crippen molar-refractivity contribution in [3.05, 3.63) is 12.7 Å². The average molecular weight is 152 g/mol. The fourth-order valence-corrected chi connectivity index (χ4v) is 0.613. The Bertz CT molecular complexity index is 169. The van der Waals surface area contributed by atoms with Crippen LogP contribution in [0.3, 0.4) is 0 Å². The zero-order valence-electron chi connectivity index (χ0n) is 6.47. The molecule has 0 atom stereocenters. The van der Waals surface area contributed by atoms with E-state index in [9.17, 15) is 4.79 Å². The first kappa shape index (κ1) is 9.70. The summed E-state index contributed by atoms with van der Waals surface area (Å²) in [5.41, 5.74) is 0. The van der Waals surface area contributed by atoms with Crippen molar-refractivity contribution in [3.63, 3.8) is 0 Å².